The first-order chi connectivity index (χ1) is 10.1. The largest absolute Gasteiger partial charge is 0.353 e. The molecule has 0 aliphatic carbocycles. The predicted octanol–water partition coefficient (Wildman–Crippen LogP) is -0.0475. The van der Waals surface area contributed by atoms with Gasteiger partial charge in [-0.2, -0.15) is 0 Å². The lowest BCUT2D eigenvalue weighted by atomic mass is 9.96. The van der Waals surface area contributed by atoms with E-state index in [1.54, 1.807) is 0 Å². The molecule has 0 bridgehead atoms. The lowest BCUT2D eigenvalue weighted by Gasteiger charge is -2.33. The van der Waals surface area contributed by atoms with Crippen LogP contribution in [-0.2, 0) is 9.59 Å². The van der Waals surface area contributed by atoms with Crippen LogP contribution in [0.15, 0.2) is 0 Å². The third kappa shape index (κ3) is 4.97. The van der Waals surface area contributed by atoms with Gasteiger partial charge in [0.1, 0.15) is 0 Å². The molecule has 0 saturated carbocycles. The number of nitrogens with one attached hydrogen (secondary N) is 4. The van der Waals surface area contributed by atoms with Gasteiger partial charge in [0.2, 0.25) is 11.8 Å². The van der Waals surface area contributed by atoms with E-state index in [9.17, 15) is 9.59 Å². The van der Waals surface area contributed by atoms with E-state index in [-0.39, 0.29) is 35.9 Å². The van der Waals surface area contributed by atoms with Crippen molar-refractivity contribution in [2.24, 2.45) is 11.8 Å². The molecule has 2 aliphatic heterocycles. The first kappa shape index (κ1) is 16.2. The maximum Gasteiger partial charge on any atom is 0.224 e. The Balaban J connectivity index is 1.77. The third-order valence-corrected chi connectivity index (χ3v) is 4.30. The molecule has 6 nitrogen and oxygen atoms in total. The van der Waals surface area contributed by atoms with Crippen LogP contribution in [-0.4, -0.2) is 43.7 Å². The molecule has 0 aromatic heterocycles. The second kappa shape index (κ2) is 7.75. The Hall–Kier alpha value is -1.14. The van der Waals surface area contributed by atoms with Crippen LogP contribution in [0.3, 0.4) is 0 Å². The molecule has 2 atom stereocenters. The highest BCUT2D eigenvalue weighted by Crippen LogP contribution is 2.13. The van der Waals surface area contributed by atoms with Gasteiger partial charge in [0.05, 0.1) is 6.17 Å². The summed E-state index contributed by atoms with van der Waals surface area (Å²) in [5.74, 6) is 0.358. The quantitative estimate of drug-likeness (QED) is 0.586. The van der Waals surface area contributed by atoms with Gasteiger partial charge in [-0.1, -0.05) is 13.8 Å². The molecule has 2 aliphatic rings. The Bertz CT molecular complexity index is 367. The summed E-state index contributed by atoms with van der Waals surface area (Å²) in [4.78, 5) is 24.0. The number of hydrogen-bond acceptors (Lipinski definition) is 4. The summed E-state index contributed by atoms with van der Waals surface area (Å²) in [5.41, 5.74) is 0. The zero-order valence-electron chi connectivity index (χ0n) is 13.1. The van der Waals surface area contributed by atoms with Gasteiger partial charge in [0.15, 0.2) is 0 Å². The molecule has 0 aromatic rings. The number of piperidine rings is 2. The molecule has 4 N–H and O–H groups in total. The van der Waals surface area contributed by atoms with Crippen LogP contribution >= 0.6 is 0 Å². The van der Waals surface area contributed by atoms with Crippen molar-refractivity contribution in [3.05, 3.63) is 0 Å². The SMILES string of the molecule is CC(C)C(=O)NC1CCNC(NC(=O)C2CCNCC2)C1. The second-order valence-electron chi connectivity index (χ2n) is 6.42. The number of carbonyl (C=O) groups excluding carboxylic acids is 2. The van der Waals surface area contributed by atoms with Gasteiger partial charge >= 0.3 is 0 Å². The monoisotopic (exact) mass is 296 g/mol. The van der Waals surface area contributed by atoms with Gasteiger partial charge < -0.3 is 16.0 Å². The van der Waals surface area contributed by atoms with Gasteiger partial charge in [0, 0.05) is 24.3 Å². The highest BCUT2D eigenvalue weighted by Gasteiger charge is 2.27. The first-order valence-corrected chi connectivity index (χ1v) is 8.11. The van der Waals surface area contributed by atoms with Crippen molar-refractivity contribution in [1.82, 2.24) is 21.3 Å². The van der Waals surface area contributed by atoms with E-state index in [0.717, 1.165) is 45.3 Å². The standard InChI is InChI=1S/C15H28N4O2/c1-10(2)14(20)18-12-5-8-17-13(9-12)19-15(21)11-3-6-16-7-4-11/h10-13,16-17H,3-9H2,1-2H3,(H,18,20)(H,19,21). The molecule has 2 heterocycles. The van der Waals surface area contributed by atoms with Crippen molar-refractivity contribution in [2.45, 2.75) is 51.7 Å². The number of rotatable bonds is 4. The van der Waals surface area contributed by atoms with Gasteiger partial charge in [-0.3, -0.25) is 14.9 Å². The molecule has 0 aromatic carbocycles. The van der Waals surface area contributed by atoms with Crippen LogP contribution in [0.2, 0.25) is 0 Å². The van der Waals surface area contributed by atoms with Crippen molar-refractivity contribution in [3.8, 4) is 0 Å². The number of carbonyl (C=O) groups is 2. The maximum absolute atomic E-state index is 12.2. The molecule has 0 radical (unpaired) electrons. The molecule has 21 heavy (non-hydrogen) atoms. The summed E-state index contributed by atoms with van der Waals surface area (Å²) in [6.07, 6.45) is 3.46. The zero-order chi connectivity index (χ0) is 15.2. The predicted molar refractivity (Wildman–Crippen MR) is 81.5 cm³/mol. The molecule has 6 heteroatoms. The zero-order valence-corrected chi connectivity index (χ0v) is 13.1. The summed E-state index contributed by atoms with van der Waals surface area (Å²) in [7, 11) is 0. The Morgan fingerprint density at radius 3 is 2.43 bits per heavy atom. The molecule has 2 saturated heterocycles. The topological polar surface area (TPSA) is 82.3 Å². The molecule has 0 spiro atoms. The molecule has 120 valence electrons. The van der Waals surface area contributed by atoms with Crippen molar-refractivity contribution in [3.63, 3.8) is 0 Å². The highest BCUT2D eigenvalue weighted by molar-refractivity contribution is 5.79. The van der Waals surface area contributed by atoms with E-state index in [1.165, 1.54) is 0 Å². The minimum absolute atomic E-state index is 0.00247. The fourth-order valence-corrected chi connectivity index (χ4v) is 2.90. The molecular weight excluding hydrogens is 268 g/mol. The van der Waals surface area contributed by atoms with Crippen LogP contribution in [0.1, 0.15) is 39.5 Å². The lowest BCUT2D eigenvalue weighted by Crippen LogP contribution is -2.56. The average molecular weight is 296 g/mol. The van der Waals surface area contributed by atoms with Crippen LogP contribution in [0.25, 0.3) is 0 Å². The maximum atomic E-state index is 12.2. The van der Waals surface area contributed by atoms with Gasteiger partial charge in [-0.15, -0.1) is 0 Å². The van der Waals surface area contributed by atoms with Gasteiger partial charge in [-0.25, -0.2) is 0 Å². The second-order valence-corrected chi connectivity index (χ2v) is 6.42. The Labute approximate surface area is 126 Å². The smallest absolute Gasteiger partial charge is 0.224 e. The molecule has 2 unspecified atom stereocenters. The normalized spacial score (nSPS) is 27.4. The molecule has 2 fully saturated rings. The number of hydrogen-bond donors (Lipinski definition) is 4. The van der Waals surface area contributed by atoms with Crippen LogP contribution in [0.4, 0.5) is 0 Å². The Morgan fingerprint density at radius 1 is 1.05 bits per heavy atom. The third-order valence-electron chi connectivity index (χ3n) is 4.30. The van der Waals surface area contributed by atoms with E-state index in [0.29, 0.717) is 0 Å². The van der Waals surface area contributed by atoms with E-state index in [1.807, 2.05) is 13.8 Å². The minimum Gasteiger partial charge on any atom is -0.353 e. The van der Waals surface area contributed by atoms with Crippen LogP contribution in [0.5, 0.6) is 0 Å². The fourth-order valence-electron chi connectivity index (χ4n) is 2.90. The van der Waals surface area contributed by atoms with Gasteiger partial charge in [-0.05, 0) is 38.9 Å². The summed E-state index contributed by atoms with van der Waals surface area (Å²) in [6.45, 7) is 6.45. The Kier molecular flexibility index (Phi) is 5.99. The van der Waals surface area contributed by atoms with Crippen molar-refractivity contribution in [2.75, 3.05) is 19.6 Å². The van der Waals surface area contributed by atoms with Crippen molar-refractivity contribution in [1.29, 1.82) is 0 Å². The van der Waals surface area contributed by atoms with Crippen LogP contribution in [0, 0.1) is 11.8 Å². The van der Waals surface area contributed by atoms with E-state index in [4.69, 9.17) is 0 Å². The van der Waals surface area contributed by atoms with Crippen molar-refractivity contribution >= 4 is 11.8 Å². The summed E-state index contributed by atoms with van der Waals surface area (Å²) in [6, 6.07) is 0.152. The fraction of sp³-hybridized carbons (Fsp3) is 0.867. The number of amides is 2. The molecule has 2 amide bonds. The summed E-state index contributed by atoms with van der Waals surface area (Å²) >= 11 is 0. The molecule has 2 rings (SSSR count). The molecular formula is C15H28N4O2. The minimum atomic E-state index is -0.0291. The Morgan fingerprint density at radius 2 is 1.76 bits per heavy atom. The highest BCUT2D eigenvalue weighted by atomic mass is 16.2. The van der Waals surface area contributed by atoms with Crippen molar-refractivity contribution < 1.29 is 9.59 Å². The van der Waals surface area contributed by atoms with E-state index < -0.39 is 0 Å². The summed E-state index contributed by atoms with van der Waals surface area (Å²) < 4.78 is 0. The average Bonchev–Trinajstić information content (AvgIpc) is 2.48. The summed E-state index contributed by atoms with van der Waals surface area (Å²) in [5, 5.41) is 12.7. The van der Waals surface area contributed by atoms with Crippen LogP contribution < -0.4 is 21.3 Å². The van der Waals surface area contributed by atoms with E-state index >= 15 is 0 Å². The van der Waals surface area contributed by atoms with E-state index in [2.05, 4.69) is 21.3 Å². The van der Waals surface area contributed by atoms with Gasteiger partial charge in [0.25, 0.3) is 0 Å². The first-order valence-electron chi connectivity index (χ1n) is 8.11. The lowest BCUT2D eigenvalue weighted by molar-refractivity contribution is -0.126.